The molecule has 0 aliphatic carbocycles. The predicted molar refractivity (Wildman–Crippen MR) is 85.3 cm³/mol. The molecule has 1 atom stereocenters. The van der Waals surface area contributed by atoms with Gasteiger partial charge in [0.05, 0.1) is 0 Å². The molecule has 0 aromatic heterocycles. The predicted octanol–water partition coefficient (Wildman–Crippen LogP) is -3.21. The van der Waals surface area contributed by atoms with Crippen molar-refractivity contribution in [3.63, 3.8) is 0 Å². The number of aliphatic carboxylic acids is 1. The van der Waals surface area contributed by atoms with E-state index in [1.54, 1.807) is 0 Å². The van der Waals surface area contributed by atoms with E-state index in [9.17, 15) is 14.4 Å². The van der Waals surface area contributed by atoms with Gasteiger partial charge in [0.25, 0.3) is 0 Å². The molecule has 0 aliphatic heterocycles. The Labute approximate surface area is 232 Å². The molecule has 0 amide bonds. The van der Waals surface area contributed by atoms with Gasteiger partial charge in [0, 0.05) is 12.8 Å². The Morgan fingerprint density at radius 2 is 1.58 bits per heavy atom. The standard InChI is InChI=1S/C16H27NO5.2K.2H/c1-2-3-4-5-6-7-8-9-10-15(20)22-16(21)13(17)11-12-14(18)19;;;;/h2,13H,1,3-12,17H2,(H,18,19);;;;/q;2*+1;2*-1. The monoisotopic (exact) mass is 393 g/mol. The van der Waals surface area contributed by atoms with Crippen LogP contribution in [0.5, 0.6) is 0 Å². The molecule has 0 saturated carbocycles. The van der Waals surface area contributed by atoms with Crippen molar-refractivity contribution >= 4 is 17.9 Å². The fourth-order valence-electron chi connectivity index (χ4n) is 1.90. The van der Waals surface area contributed by atoms with Gasteiger partial charge in [-0.2, -0.15) is 0 Å². The summed E-state index contributed by atoms with van der Waals surface area (Å²) in [6.45, 7) is 3.67. The maximum Gasteiger partial charge on any atom is 1.00 e. The smallest absolute Gasteiger partial charge is 1.00 e. The summed E-state index contributed by atoms with van der Waals surface area (Å²) in [4.78, 5) is 33.2. The average Bonchev–Trinajstić information content (AvgIpc) is 2.47. The molecular weight excluding hydrogens is 364 g/mol. The number of hydrogen-bond acceptors (Lipinski definition) is 5. The number of rotatable bonds is 13. The first-order valence-electron chi connectivity index (χ1n) is 7.80. The number of allylic oxidation sites excluding steroid dienone is 1. The minimum atomic E-state index is -1.06. The Balaban J connectivity index is -0.000000367. The van der Waals surface area contributed by atoms with Crippen LogP contribution in [0.15, 0.2) is 12.7 Å². The summed E-state index contributed by atoms with van der Waals surface area (Å²) < 4.78 is 4.60. The van der Waals surface area contributed by atoms with E-state index in [2.05, 4.69) is 11.3 Å². The second kappa shape index (κ2) is 20.9. The molecule has 3 N–H and O–H groups in total. The molecule has 1 unspecified atom stereocenters. The van der Waals surface area contributed by atoms with Gasteiger partial charge in [0.15, 0.2) is 0 Å². The van der Waals surface area contributed by atoms with Gasteiger partial charge in [-0.25, -0.2) is 4.79 Å². The van der Waals surface area contributed by atoms with Gasteiger partial charge in [0.1, 0.15) is 6.04 Å². The third kappa shape index (κ3) is 19.9. The third-order valence-electron chi connectivity index (χ3n) is 3.23. The van der Waals surface area contributed by atoms with Crippen molar-refractivity contribution < 1.29 is 130 Å². The molecule has 130 valence electrons. The fraction of sp³-hybridized carbons (Fsp3) is 0.688. The summed E-state index contributed by atoms with van der Waals surface area (Å²) in [5.74, 6) is -2.49. The van der Waals surface area contributed by atoms with Crippen molar-refractivity contribution in [3.8, 4) is 0 Å². The molecule has 8 heteroatoms. The topological polar surface area (TPSA) is 107 Å². The van der Waals surface area contributed by atoms with Crippen molar-refractivity contribution in [2.75, 3.05) is 0 Å². The first-order chi connectivity index (χ1) is 10.5. The quantitative estimate of drug-likeness (QED) is 0.112. The number of hydrogen-bond donors (Lipinski definition) is 2. The maximum absolute atomic E-state index is 11.4. The normalized spacial score (nSPS) is 10.7. The third-order valence-corrected chi connectivity index (χ3v) is 3.23. The minimum Gasteiger partial charge on any atom is -1.00 e. The van der Waals surface area contributed by atoms with Gasteiger partial charge in [-0.3, -0.25) is 9.59 Å². The zero-order valence-electron chi connectivity index (χ0n) is 17.1. The van der Waals surface area contributed by atoms with Crippen molar-refractivity contribution in [1.82, 2.24) is 0 Å². The molecule has 0 aliphatic rings. The summed E-state index contributed by atoms with van der Waals surface area (Å²) in [5.41, 5.74) is 5.45. The van der Waals surface area contributed by atoms with Crippen LogP contribution in [0.3, 0.4) is 0 Å². The number of nitrogens with two attached hydrogens (primary N) is 1. The zero-order chi connectivity index (χ0) is 16.8. The van der Waals surface area contributed by atoms with E-state index in [0.717, 1.165) is 38.5 Å². The molecule has 6 nitrogen and oxygen atoms in total. The van der Waals surface area contributed by atoms with Crippen LogP contribution in [0, 0.1) is 0 Å². The number of ether oxygens (including phenoxy) is 1. The molecule has 0 spiro atoms. The van der Waals surface area contributed by atoms with Crippen molar-refractivity contribution in [2.45, 2.75) is 70.3 Å². The summed E-state index contributed by atoms with van der Waals surface area (Å²) in [7, 11) is 0. The van der Waals surface area contributed by atoms with E-state index in [1.807, 2.05) is 6.08 Å². The molecule has 0 heterocycles. The zero-order valence-corrected chi connectivity index (χ0v) is 21.3. The summed E-state index contributed by atoms with van der Waals surface area (Å²) in [6, 6.07) is -1.06. The van der Waals surface area contributed by atoms with E-state index in [0.29, 0.717) is 6.42 Å². The van der Waals surface area contributed by atoms with Crippen LogP contribution >= 0.6 is 0 Å². The first kappa shape index (κ1) is 30.3. The van der Waals surface area contributed by atoms with Crippen LogP contribution in [0.25, 0.3) is 0 Å². The SMILES string of the molecule is C=CCCCCCCCCC(=O)OC(=O)C(N)CCC(=O)O.[H-].[H-].[K+].[K+]. The van der Waals surface area contributed by atoms with E-state index in [4.69, 9.17) is 10.8 Å². The second-order valence-electron chi connectivity index (χ2n) is 5.28. The number of esters is 2. The first-order valence-corrected chi connectivity index (χ1v) is 7.80. The van der Waals surface area contributed by atoms with E-state index < -0.39 is 23.9 Å². The van der Waals surface area contributed by atoms with Crippen molar-refractivity contribution in [2.24, 2.45) is 5.73 Å². The van der Waals surface area contributed by atoms with Crippen LogP contribution in [-0.4, -0.2) is 29.1 Å². The van der Waals surface area contributed by atoms with Crippen LogP contribution in [0.1, 0.15) is 67.1 Å². The largest absolute Gasteiger partial charge is 1.00 e. The van der Waals surface area contributed by atoms with Crippen LogP contribution in [-0.2, 0) is 19.1 Å². The Morgan fingerprint density at radius 1 is 1.04 bits per heavy atom. The summed E-state index contributed by atoms with van der Waals surface area (Å²) in [6.07, 6.45) is 8.96. The Kier molecular flexibility index (Phi) is 26.4. The summed E-state index contributed by atoms with van der Waals surface area (Å²) in [5, 5.41) is 8.48. The van der Waals surface area contributed by atoms with Gasteiger partial charge in [-0.05, 0) is 25.7 Å². The van der Waals surface area contributed by atoms with Crippen LogP contribution in [0.4, 0.5) is 0 Å². The number of carbonyl (C=O) groups excluding carboxylic acids is 2. The fourth-order valence-corrected chi connectivity index (χ4v) is 1.90. The van der Waals surface area contributed by atoms with Crippen molar-refractivity contribution in [3.05, 3.63) is 12.7 Å². The van der Waals surface area contributed by atoms with Gasteiger partial charge < -0.3 is 18.4 Å². The minimum absolute atomic E-state index is 0. The molecule has 0 rings (SSSR count). The molecule has 0 saturated heterocycles. The molecule has 24 heavy (non-hydrogen) atoms. The second-order valence-corrected chi connectivity index (χ2v) is 5.28. The number of unbranched alkanes of at least 4 members (excludes halogenated alkanes) is 6. The molecule has 0 radical (unpaired) electrons. The molecule has 0 aromatic rings. The summed E-state index contributed by atoms with van der Waals surface area (Å²) >= 11 is 0. The average molecular weight is 394 g/mol. The molecular formula is C16H29K2NO5. The molecule has 0 bridgehead atoms. The Hall–Kier alpha value is 1.58. The van der Waals surface area contributed by atoms with E-state index in [1.165, 1.54) is 0 Å². The van der Waals surface area contributed by atoms with Gasteiger partial charge in [-0.15, -0.1) is 6.58 Å². The number of carboxylic acid groups (broad SMARTS) is 1. The maximum atomic E-state index is 11.4. The number of carbonyl (C=O) groups is 3. The van der Waals surface area contributed by atoms with Crippen LogP contribution in [0.2, 0.25) is 0 Å². The Morgan fingerprint density at radius 3 is 2.12 bits per heavy atom. The van der Waals surface area contributed by atoms with Crippen molar-refractivity contribution in [1.29, 1.82) is 0 Å². The number of carboxylic acids is 1. The molecule has 0 aromatic carbocycles. The van der Waals surface area contributed by atoms with Gasteiger partial charge >= 0.3 is 121 Å². The Bertz CT molecular complexity index is 388. The van der Waals surface area contributed by atoms with E-state index >= 15 is 0 Å². The van der Waals surface area contributed by atoms with E-state index in [-0.39, 0.29) is 125 Å². The van der Waals surface area contributed by atoms with Gasteiger partial charge in [0.2, 0.25) is 0 Å². The van der Waals surface area contributed by atoms with Crippen LogP contribution < -0.4 is 109 Å². The van der Waals surface area contributed by atoms with Gasteiger partial charge in [-0.1, -0.05) is 31.8 Å². The molecule has 0 fully saturated rings.